The molecule has 0 radical (unpaired) electrons. The van der Waals surface area contributed by atoms with Crippen molar-refractivity contribution in [3.63, 3.8) is 0 Å². The van der Waals surface area contributed by atoms with Crippen molar-refractivity contribution < 1.29 is 4.74 Å². The van der Waals surface area contributed by atoms with Crippen molar-refractivity contribution in [3.8, 4) is 0 Å². The van der Waals surface area contributed by atoms with E-state index < -0.39 is 0 Å². The van der Waals surface area contributed by atoms with Gasteiger partial charge in [0.25, 0.3) is 0 Å². The lowest BCUT2D eigenvalue weighted by atomic mass is 10.1. The molecule has 3 heteroatoms. The van der Waals surface area contributed by atoms with Gasteiger partial charge in [0.2, 0.25) is 0 Å². The predicted molar refractivity (Wildman–Crippen MR) is 48.1 cm³/mol. The Labute approximate surface area is 71.8 Å². The Morgan fingerprint density at radius 1 is 1.50 bits per heavy atom. The fourth-order valence-corrected chi connectivity index (χ4v) is 1.53. The fourth-order valence-electron chi connectivity index (χ4n) is 1.53. The second-order valence-electron chi connectivity index (χ2n) is 3.06. The highest BCUT2D eigenvalue weighted by Gasteiger charge is 2.25. The number of aliphatic imine (C=N–C) groups is 1. The highest BCUT2D eigenvalue weighted by Crippen LogP contribution is 2.18. The molecule has 3 nitrogen and oxygen atoms in total. The lowest BCUT2D eigenvalue weighted by molar-refractivity contribution is 0.311. The third kappa shape index (κ3) is 1.11. The zero-order chi connectivity index (χ0) is 8.55. The first kappa shape index (κ1) is 7.40. The summed E-state index contributed by atoms with van der Waals surface area (Å²) in [5, 5.41) is 3.31. The van der Waals surface area contributed by atoms with Gasteiger partial charge in [0, 0.05) is 5.70 Å². The van der Waals surface area contributed by atoms with Gasteiger partial charge in [-0.25, -0.2) is 0 Å². The van der Waals surface area contributed by atoms with Gasteiger partial charge in [0.05, 0.1) is 25.4 Å². The number of hydrogen-bond donors (Lipinski definition) is 1. The smallest absolute Gasteiger partial charge is 0.134 e. The molecule has 2 aliphatic rings. The minimum Gasteiger partial charge on any atom is -0.495 e. The minimum atomic E-state index is 0.267. The van der Waals surface area contributed by atoms with Gasteiger partial charge in [-0.1, -0.05) is 0 Å². The van der Waals surface area contributed by atoms with Gasteiger partial charge in [0.15, 0.2) is 0 Å². The molecule has 0 aromatic heterocycles. The summed E-state index contributed by atoms with van der Waals surface area (Å²) in [5.74, 6) is 0.840. The van der Waals surface area contributed by atoms with E-state index in [1.165, 1.54) is 5.70 Å². The number of nitrogens with one attached hydrogen (secondary N) is 1. The van der Waals surface area contributed by atoms with Crippen molar-refractivity contribution in [1.29, 1.82) is 0 Å². The van der Waals surface area contributed by atoms with E-state index in [1.807, 2.05) is 6.92 Å². The summed E-state index contributed by atoms with van der Waals surface area (Å²) in [6.07, 6.45) is 5.96. The number of dihydropyridines is 1. The molecule has 0 amide bonds. The van der Waals surface area contributed by atoms with Gasteiger partial charge < -0.3 is 10.1 Å². The minimum absolute atomic E-state index is 0.267. The maximum Gasteiger partial charge on any atom is 0.134 e. The van der Waals surface area contributed by atoms with Crippen LogP contribution in [0.2, 0.25) is 0 Å². The third-order valence-corrected chi connectivity index (χ3v) is 2.14. The lowest BCUT2D eigenvalue weighted by Gasteiger charge is -2.17. The highest BCUT2D eigenvalue weighted by molar-refractivity contribution is 5.78. The first-order valence-electron chi connectivity index (χ1n) is 4.03. The van der Waals surface area contributed by atoms with Gasteiger partial charge in [-0.05, 0) is 19.1 Å². The van der Waals surface area contributed by atoms with Crippen LogP contribution in [-0.4, -0.2) is 25.4 Å². The molecule has 2 atom stereocenters. The average molecular weight is 164 g/mol. The van der Waals surface area contributed by atoms with Crippen LogP contribution in [0.4, 0.5) is 0 Å². The number of allylic oxidation sites excluding steroid dienone is 2. The Kier molecular flexibility index (Phi) is 1.64. The van der Waals surface area contributed by atoms with E-state index in [0.717, 1.165) is 5.76 Å². The van der Waals surface area contributed by atoms with Crippen molar-refractivity contribution in [1.82, 2.24) is 5.32 Å². The molecule has 1 N–H and O–H groups in total. The van der Waals surface area contributed by atoms with E-state index >= 15 is 0 Å². The zero-order valence-electron chi connectivity index (χ0n) is 7.24. The van der Waals surface area contributed by atoms with E-state index in [9.17, 15) is 0 Å². The Bertz CT molecular complexity index is 278. The number of methoxy groups -OCH3 is 1. The van der Waals surface area contributed by atoms with Gasteiger partial charge in [0.1, 0.15) is 5.76 Å². The van der Waals surface area contributed by atoms with Crippen LogP contribution in [0.1, 0.15) is 6.92 Å². The molecule has 2 aliphatic heterocycles. The molecule has 0 aromatic rings. The number of rotatable bonds is 1. The van der Waals surface area contributed by atoms with Crippen molar-refractivity contribution >= 4 is 6.21 Å². The number of nitrogens with zero attached hydrogens (tertiary/aromatic N) is 1. The summed E-state index contributed by atoms with van der Waals surface area (Å²) in [4.78, 5) is 4.34. The summed E-state index contributed by atoms with van der Waals surface area (Å²) < 4.78 is 5.08. The molecule has 0 saturated heterocycles. The second-order valence-corrected chi connectivity index (χ2v) is 3.06. The summed E-state index contributed by atoms with van der Waals surface area (Å²) >= 11 is 0. The zero-order valence-corrected chi connectivity index (χ0v) is 7.24. The molecule has 0 saturated carbocycles. The van der Waals surface area contributed by atoms with E-state index in [1.54, 1.807) is 13.3 Å². The average Bonchev–Trinajstić information content (AvgIpc) is 2.43. The van der Waals surface area contributed by atoms with E-state index in [2.05, 4.69) is 22.5 Å². The number of fused-ring (bicyclic) bond motifs is 1. The molecule has 2 heterocycles. The first-order chi connectivity index (χ1) is 5.79. The van der Waals surface area contributed by atoms with Gasteiger partial charge in [-0.15, -0.1) is 0 Å². The first-order valence-corrected chi connectivity index (χ1v) is 4.03. The van der Waals surface area contributed by atoms with Crippen molar-refractivity contribution in [3.05, 3.63) is 23.6 Å². The van der Waals surface area contributed by atoms with E-state index in [-0.39, 0.29) is 6.04 Å². The van der Waals surface area contributed by atoms with Crippen LogP contribution in [-0.2, 0) is 4.74 Å². The van der Waals surface area contributed by atoms with E-state index in [4.69, 9.17) is 4.74 Å². The molecule has 2 unspecified atom stereocenters. The van der Waals surface area contributed by atoms with Crippen LogP contribution in [0.5, 0.6) is 0 Å². The molecule has 0 spiro atoms. The maximum absolute atomic E-state index is 5.08. The number of ether oxygens (including phenoxy) is 1. The molecular formula is C9H12N2O. The maximum atomic E-state index is 5.08. The quantitative estimate of drug-likeness (QED) is 0.623. The highest BCUT2D eigenvalue weighted by atomic mass is 16.5. The molecular weight excluding hydrogens is 152 g/mol. The van der Waals surface area contributed by atoms with Crippen LogP contribution in [0.3, 0.4) is 0 Å². The summed E-state index contributed by atoms with van der Waals surface area (Å²) in [5.41, 5.74) is 1.19. The Morgan fingerprint density at radius 2 is 2.33 bits per heavy atom. The molecule has 0 aromatic carbocycles. The summed E-state index contributed by atoms with van der Waals surface area (Å²) in [6, 6.07) is 0.564. The molecule has 2 rings (SSSR count). The molecule has 0 fully saturated rings. The third-order valence-electron chi connectivity index (χ3n) is 2.14. The largest absolute Gasteiger partial charge is 0.495 e. The fraction of sp³-hybridized carbons (Fsp3) is 0.444. The van der Waals surface area contributed by atoms with Gasteiger partial charge in [-0.2, -0.15) is 0 Å². The Balaban J connectivity index is 2.18. The van der Waals surface area contributed by atoms with Crippen molar-refractivity contribution in [2.24, 2.45) is 4.99 Å². The monoisotopic (exact) mass is 164 g/mol. The second kappa shape index (κ2) is 2.66. The Morgan fingerprint density at radius 3 is 3.08 bits per heavy atom. The molecule has 64 valence electrons. The van der Waals surface area contributed by atoms with Gasteiger partial charge in [-0.3, -0.25) is 4.99 Å². The van der Waals surface area contributed by atoms with Gasteiger partial charge >= 0.3 is 0 Å². The topological polar surface area (TPSA) is 33.6 Å². The van der Waals surface area contributed by atoms with Crippen LogP contribution >= 0.6 is 0 Å². The molecule has 0 aliphatic carbocycles. The summed E-state index contributed by atoms with van der Waals surface area (Å²) in [6.45, 7) is 2.05. The SMILES string of the molecule is COC1=CC2NC(C)=CC2N=C1. The van der Waals surface area contributed by atoms with Crippen LogP contribution in [0.15, 0.2) is 28.6 Å². The standard InChI is InChI=1S/C9H12N2O/c1-6-3-8-9(11-6)4-7(12-2)5-10-8/h3-5,8-9,11H,1-2H3. The van der Waals surface area contributed by atoms with Crippen LogP contribution in [0, 0.1) is 0 Å². The van der Waals surface area contributed by atoms with Crippen molar-refractivity contribution in [2.45, 2.75) is 19.0 Å². The molecule has 12 heavy (non-hydrogen) atoms. The molecule has 0 bridgehead atoms. The van der Waals surface area contributed by atoms with E-state index in [0.29, 0.717) is 6.04 Å². The lowest BCUT2D eigenvalue weighted by Crippen LogP contribution is -2.31. The predicted octanol–water partition coefficient (Wildman–Crippen LogP) is 0.845. The summed E-state index contributed by atoms with van der Waals surface area (Å²) in [7, 11) is 1.66. The normalized spacial score (nSPS) is 31.8. The van der Waals surface area contributed by atoms with Crippen molar-refractivity contribution in [2.75, 3.05) is 7.11 Å². The number of hydrogen-bond acceptors (Lipinski definition) is 3. The van der Waals surface area contributed by atoms with Crippen LogP contribution < -0.4 is 5.32 Å². The van der Waals surface area contributed by atoms with Crippen LogP contribution in [0.25, 0.3) is 0 Å². The Hall–Kier alpha value is -1.25.